The second-order valence-electron chi connectivity index (χ2n) is 3.91. The number of anilines is 1. The SMILES string of the molecule is CNc1cc(C(=O)NCc2ccsc2)c([N+](=O)[O-])cn1. The first-order chi connectivity index (χ1) is 9.61. The van der Waals surface area contributed by atoms with Crippen LogP contribution in [-0.2, 0) is 6.54 Å². The minimum absolute atomic E-state index is 0.00965. The fourth-order valence-corrected chi connectivity index (χ4v) is 2.25. The summed E-state index contributed by atoms with van der Waals surface area (Å²) >= 11 is 1.52. The van der Waals surface area contributed by atoms with Gasteiger partial charge in [-0.05, 0) is 22.4 Å². The lowest BCUT2D eigenvalue weighted by molar-refractivity contribution is -0.385. The van der Waals surface area contributed by atoms with E-state index in [2.05, 4.69) is 15.6 Å². The Balaban J connectivity index is 2.20. The summed E-state index contributed by atoms with van der Waals surface area (Å²) in [6, 6.07) is 3.24. The summed E-state index contributed by atoms with van der Waals surface area (Å²) in [5.74, 6) is -0.0990. The van der Waals surface area contributed by atoms with Gasteiger partial charge >= 0.3 is 0 Å². The van der Waals surface area contributed by atoms with Gasteiger partial charge in [-0.25, -0.2) is 4.98 Å². The van der Waals surface area contributed by atoms with Gasteiger partial charge in [0.15, 0.2) is 0 Å². The van der Waals surface area contributed by atoms with E-state index in [4.69, 9.17) is 0 Å². The average molecular weight is 292 g/mol. The molecule has 0 spiro atoms. The van der Waals surface area contributed by atoms with E-state index in [1.54, 1.807) is 7.05 Å². The largest absolute Gasteiger partial charge is 0.373 e. The van der Waals surface area contributed by atoms with E-state index in [1.807, 2.05) is 16.8 Å². The van der Waals surface area contributed by atoms with E-state index in [1.165, 1.54) is 17.4 Å². The van der Waals surface area contributed by atoms with Crippen molar-refractivity contribution in [2.24, 2.45) is 0 Å². The summed E-state index contributed by atoms with van der Waals surface area (Å²) in [5, 5.41) is 20.1. The first kappa shape index (κ1) is 13.9. The number of carbonyl (C=O) groups excluding carboxylic acids is 1. The second kappa shape index (κ2) is 6.11. The fraction of sp³-hybridized carbons (Fsp3) is 0.167. The molecule has 8 heteroatoms. The first-order valence-corrected chi connectivity index (χ1v) is 6.67. The van der Waals surface area contributed by atoms with Crippen molar-refractivity contribution in [1.29, 1.82) is 0 Å². The number of thiophene rings is 1. The molecule has 104 valence electrons. The Hall–Kier alpha value is -2.48. The third-order valence-electron chi connectivity index (χ3n) is 2.61. The third-order valence-corrected chi connectivity index (χ3v) is 3.35. The van der Waals surface area contributed by atoms with Crippen LogP contribution in [0.1, 0.15) is 15.9 Å². The van der Waals surface area contributed by atoms with Crippen molar-refractivity contribution < 1.29 is 9.72 Å². The van der Waals surface area contributed by atoms with Crippen LogP contribution in [0.2, 0.25) is 0 Å². The molecule has 0 saturated heterocycles. The molecule has 0 aromatic carbocycles. The number of rotatable bonds is 5. The van der Waals surface area contributed by atoms with Crippen LogP contribution >= 0.6 is 11.3 Å². The van der Waals surface area contributed by atoms with E-state index >= 15 is 0 Å². The molecular formula is C12H12N4O3S. The maximum atomic E-state index is 12.1. The van der Waals surface area contributed by atoms with Gasteiger partial charge in [-0.15, -0.1) is 0 Å². The molecule has 0 unspecified atom stereocenters. The Bertz CT molecular complexity index is 628. The molecule has 2 rings (SSSR count). The monoisotopic (exact) mass is 292 g/mol. The van der Waals surface area contributed by atoms with E-state index in [0.29, 0.717) is 12.4 Å². The number of nitrogens with one attached hydrogen (secondary N) is 2. The topological polar surface area (TPSA) is 97.2 Å². The van der Waals surface area contributed by atoms with Crippen molar-refractivity contribution in [3.8, 4) is 0 Å². The molecule has 0 fully saturated rings. The van der Waals surface area contributed by atoms with Gasteiger partial charge in [0.1, 0.15) is 17.6 Å². The number of amides is 1. The molecule has 0 aliphatic rings. The molecule has 0 radical (unpaired) electrons. The van der Waals surface area contributed by atoms with Gasteiger partial charge in [-0.3, -0.25) is 14.9 Å². The van der Waals surface area contributed by atoms with Gasteiger partial charge in [0.2, 0.25) is 0 Å². The lowest BCUT2D eigenvalue weighted by atomic mass is 10.2. The molecule has 0 saturated carbocycles. The zero-order valence-electron chi connectivity index (χ0n) is 10.6. The highest BCUT2D eigenvalue weighted by molar-refractivity contribution is 7.07. The molecule has 2 aromatic heterocycles. The molecule has 2 heterocycles. The zero-order valence-corrected chi connectivity index (χ0v) is 11.4. The van der Waals surface area contributed by atoms with Gasteiger partial charge < -0.3 is 10.6 Å². The molecule has 20 heavy (non-hydrogen) atoms. The highest BCUT2D eigenvalue weighted by atomic mass is 32.1. The van der Waals surface area contributed by atoms with Crippen LogP contribution in [0.3, 0.4) is 0 Å². The maximum Gasteiger partial charge on any atom is 0.300 e. The molecule has 0 aliphatic carbocycles. The minimum Gasteiger partial charge on any atom is -0.373 e. The number of pyridine rings is 1. The Morgan fingerprint density at radius 1 is 1.55 bits per heavy atom. The normalized spacial score (nSPS) is 10.1. The summed E-state index contributed by atoms with van der Waals surface area (Å²) in [6.45, 7) is 0.330. The van der Waals surface area contributed by atoms with Gasteiger partial charge in [0, 0.05) is 19.7 Å². The molecular weight excluding hydrogens is 280 g/mol. The van der Waals surface area contributed by atoms with Crippen LogP contribution in [0.15, 0.2) is 29.1 Å². The van der Waals surface area contributed by atoms with Crippen LogP contribution in [0.25, 0.3) is 0 Å². The van der Waals surface area contributed by atoms with Crippen molar-refractivity contribution in [3.63, 3.8) is 0 Å². The van der Waals surface area contributed by atoms with Crippen molar-refractivity contribution in [3.05, 3.63) is 50.3 Å². The van der Waals surface area contributed by atoms with Crippen molar-refractivity contribution in [2.75, 3.05) is 12.4 Å². The smallest absolute Gasteiger partial charge is 0.300 e. The Morgan fingerprint density at radius 2 is 2.35 bits per heavy atom. The van der Waals surface area contributed by atoms with Gasteiger partial charge in [0.05, 0.1) is 4.92 Å². The van der Waals surface area contributed by atoms with Crippen molar-refractivity contribution in [1.82, 2.24) is 10.3 Å². The predicted octanol–water partition coefficient (Wildman–Crippen LogP) is 2.02. The highest BCUT2D eigenvalue weighted by Gasteiger charge is 2.21. The Kier molecular flexibility index (Phi) is 4.26. The highest BCUT2D eigenvalue weighted by Crippen LogP contribution is 2.20. The summed E-state index contributed by atoms with van der Waals surface area (Å²) in [4.78, 5) is 26.2. The number of hydrogen-bond donors (Lipinski definition) is 2. The molecule has 0 atom stereocenters. The van der Waals surface area contributed by atoms with Gasteiger partial charge in [0.25, 0.3) is 11.6 Å². The fourth-order valence-electron chi connectivity index (χ4n) is 1.58. The van der Waals surface area contributed by atoms with Crippen molar-refractivity contribution >= 4 is 28.7 Å². The quantitative estimate of drug-likeness (QED) is 0.649. The number of aromatic nitrogens is 1. The maximum absolute atomic E-state index is 12.1. The lowest BCUT2D eigenvalue weighted by Gasteiger charge is -2.06. The molecule has 0 aliphatic heterocycles. The van der Waals surface area contributed by atoms with Crippen molar-refractivity contribution in [2.45, 2.75) is 6.54 Å². The summed E-state index contributed by atoms with van der Waals surface area (Å²) in [6.07, 6.45) is 1.07. The van der Waals surface area contributed by atoms with Crippen LogP contribution in [0, 0.1) is 10.1 Å². The number of carbonyl (C=O) groups is 1. The molecule has 2 N–H and O–H groups in total. The Labute approximate surface area is 118 Å². The van der Waals surface area contributed by atoms with E-state index in [0.717, 1.165) is 11.8 Å². The summed E-state index contributed by atoms with van der Waals surface area (Å²) < 4.78 is 0. The predicted molar refractivity (Wildman–Crippen MR) is 75.9 cm³/mol. The van der Waals surface area contributed by atoms with Crippen LogP contribution in [-0.4, -0.2) is 22.9 Å². The van der Waals surface area contributed by atoms with Gasteiger partial charge in [-0.1, -0.05) is 0 Å². The molecule has 0 bridgehead atoms. The zero-order chi connectivity index (χ0) is 14.5. The number of nitro groups is 1. The Morgan fingerprint density at radius 3 is 2.95 bits per heavy atom. The number of nitrogens with zero attached hydrogens (tertiary/aromatic N) is 2. The molecule has 2 aromatic rings. The summed E-state index contributed by atoms with van der Waals surface area (Å²) in [7, 11) is 1.63. The minimum atomic E-state index is -0.619. The first-order valence-electron chi connectivity index (χ1n) is 5.73. The lowest BCUT2D eigenvalue weighted by Crippen LogP contribution is -2.23. The molecule has 7 nitrogen and oxygen atoms in total. The van der Waals surface area contributed by atoms with Crippen LogP contribution < -0.4 is 10.6 Å². The van der Waals surface area contributed by atoms with Gasteiger partial charge in [-0.2, -0.15) is 11.3 Å². The standard InChI is InChI=1S/C12H12N4O3S/c1-13-11-4-9(10(6-14-11)16(18)19)12(17)15-5-8-2-3-20-7-8/h2-4,6-7H,5H2,1H3,(H,13,14)(H,15,17). The van der Waals surface area contributed by atoms with E-state index in [-0.39, 0.29) is 11.3 Å². The number of hydrogen-bond acceptors (Lipinski definition) is 6. The van der Waals surface area contributed by atoms with Crippen LogP contribution in [0.4, 0.5) is 11.5 Å². The second-order valence-corrected chi connectivity index (χ2v) is 4.69. The summed E-state index contributed by atoms with van der Waals surface area (Å²) in [5.41, 5.74) is 0.630. The average Bonchev–Trinajstić information content (AvgIpc) is 2.97. The van der Waals surface area contributed by atoms with Crippen LogP contribution in [0.5, 0.6) is 0 Å². The third kappa shape index (κ3) is 3.09. The van der Waals surface area contributed by atoms with E-state index in [9.17, 15) is 14.9 Å². The van der Waals surface area contributed by atoms with E-state index < -0.39 is 10.8 Å². The molecule has 1 amide bonds.